The number of aliphatic carboxylic acids is 1. The highest BCUT2D eigenvalue weighted by Crippen LogP contribution is 2.28. The first-order valence-corrected chi connectivity index (χ1v) is 13.2. The Morgan fingerprint density at radius 1 is 1.00 bits per heavy atom. The molecule has 0 saturated heterocycles. The van der Waals surface area contributed by atoms with Crippen LogP contribution in [0.5, 0.6) is 0 Å². The number of aromatic amines is 1. The highest BCUT2D eigenvalue weighted by molar-refractivity contribution is 7.10. The summed E-state index contributed by atoms with van der Waals surface area (Å²) in [6, 6.07) is 21.8. The van der Waals surface area contributed by atoms with E-state index in [1.807, 2.05) is 57.2 Å². The van der Waals surface area contributed by atoms with Gasteiger partial charge in [0, 0.05) is 17.0 Å². The van der Waals surface area contributed by atoms with Crippen molar-refractivity contribution in [3.63, 3.8) is 0 Å². The van der Waals surface area contributed by atoms with Crippen LogP contribution in [0.2, 0.25) is 0 Å². The second-order valence-corrected chi connectivity index (χ2v) is 10.5. The maximum absolute atomic E-state index is 12.0. The first-order chi connectivity index (χ1) is 17.9. The Morgan fingerprint density at radius 2 is 1.73 bits per heavy atom. The van der Waals surface area contributed by atoms with Crippen LogP contribution >= 0.6 is 11.3 Å². The minimum atomic E-state index is -0.858. The monoisotopic (exact) mass is 510 g/mol. The van der Waals surface area contributed by atoms with Crippen molar-refractivity contribution in [2.24, 2.45) is 0 Å². The molecule has 0 saturated carbocycles. The molecule has 0 aliphatic heterocycles. The molecule has 188 valence electrons. The fraction of sp³-hybridized carbons (Fsp3) is 0.200. The maximum atomic E-state index is 12.0. The molecule has 0 aliphatic rings. The SMILES string of the molecule is Cc1cc(C)c(NC(Cc2ccc(-c3csc(CNc4nc5ccccc5[nH]4)c3)cc2)C(=O)O)c(C)c1. The van der Waals surface area contributed by atoms with Gasteiger partial charge in [0.2, 0.25) is 5.95 Å². The van der Waals surface area contributed by atoms with Crippen molar-refractivity contribution in [2.45, 2.75) is 39.8 Å². The van der Waals surface area contributed by atoms with Crippen molar-refractivity contribution in [3.8, 4) is 11.1 Å². The van der Waals surface area contributed by atoms with Gasteiger partial charge in [-0.25, -0.2) is 9.78 Å². The van der Waals surface area contributed by atoms with E-state index in [9.17, 15) is 9.90 Å². The van der Waals surface area contributed by atoms with Crippen molar-refractivity contribution in [2.75, 3.05) is 10.6 Å². The normalized spacial score (nSPS) is 12.0. The third kappa shape index (κ3) is 5.67. The van der Waals surface area contributed by atoms with E-state index in [0.717, 1.165) is 50.5 Å². The van der Waals surface area contributed by atoms with Crippen molar-refractivity contribution in [3.05, 3.63) is 99.2 Å². The summed E-state index contributed by atoms with van der Waals surface area (Å²) in [5, 5.41) is 18.6. The minimum Gasteiger partial charge on any atom is -0.480 e. The number of aromatic nitrogens is 2. The second-order valence-electron chi connectivity index (χ2n) is 9.47. The molecule has 0 bridgehead atoms. The number of aryl methyl sites for hydroxylation is 3. The van der Waals surface area contributed by atoms with Gasteiger partial charge in [0.1, 0.15) is 6.04 Å². The Kier molecular flexibility index (Phi) is 6.97. The summed E-state index contributed by atoms with van der Waals surface area (Å²) in [6.45, 7) is 6.76. The van der Waals surface area contributed by atoms with Gasteiger partial charge in [-0.3, -0.25) is 0 Å². The van der Waals surface area contributed by atoms with Crippen LogP contribution < -0.4 is 10.6 Å². The first kappa shape index (κ1) is 24.6. The van der Waals surface area contributed by atoms with Gasteiger partial charge in [0.25, 0.3) is 0 Å². The first-order valence-electron chi connectivity index (χ1n) is 12.3. The van der Waals surface area contributed by atoms with E-state index in [0.29, 0.717) is 13.0 Å². The quantitative estimate of drug-likeness (QED) is 0.173. The number of para-hydroxylation sites is 2. The fourth-order valence-electron chi connectivity index (χ4n) is 4.68. The number of benzene rings is 3. The van der Waals surface area contributed by atoms with Gasteiger partial charge in [0.15, 0.2) is 0 Å². The van der Waals surface area contributed by atoms with Crippen LogP contribution in [0.15, 0.2) is 72.1 Å². The molecular weight excluding hydrogens is 480 g/mol. The Morgan fingerprint density at radius 3 is 2.43 bits per heavy atom. The van der Waals surface area contributed by atoms with Gasteiger partial charge in [-0.05, 0) is 72.2 Å². The molecule has 6 nitrogen and oxygen atoms in total. The van der Waals surface area contributed by atoms with Crippen LogP contribution in [0.4, 0.5) is 11.6 Å². The highest BCUT2D eigenvalue weighted by atomic mass is 32.1. The van der Waals surface area contributed by atoms with Crippen molar-refractivity contribution < 1.29 is 9.90 Å². The van der Waals surface area contributed by atoms with E-state index in [1.54, 1.807) is 11.3 Å². The molecule has 1 unspecified atom stereocenters. The smallest absolute Gasteiger partial charge is 0.326 e. The average molecular weight is 511 g/mol. The number of carboxylic acids is 1. The number of H-pyrrole nitrogens is 1. The zero-order valence-electron chi connectivity index (χ0n) is 21.1. The standard InChI is InChI=1S/C30H30N4O2S/c1-18-12-19(2)28(20(3)13-18)32-27(29(35)36)14-21-8-10-22(11-9-21)23-15-24(37-17-23)16-31-30-33-25-6-4-5-7-26(25)34-30/h4-13,15,17,27,32H,14,16H2,1-3H3,(H,35,36)(H2,31,33,34). The van der Waals surface area contributed by atoms with Gasteiger partial charge in [-0.2, -0.15) is 0 Å². The largest absolute Gasteiger partial charge is 0.480 e. The maximum Gasteiger partial charge on any atom is 0.326 e. The summed E-state index contributed by atoms with van der Waals surface area (Å²) in [5.41, 5.74) is 9.39. The van der Waals surface area contributed by atoms with Crippen LogP contribution in [-0.2, 0) is 17.8 Å². The van der Waals surface area contributed by atoms with E-state index in [4.69, 9.17) is 0 Å². The summed E-state index contributed by atoms with van der Waals surface area (Å²) >= 11 is 1.70. The molecule has 0 amide bonds. The molecule has 2 heterocycles. The lowest BCUT2D eigenvalue weighted by Crippen LogP contribution is -2.32. The summed E-state index contributed by atoms with van der Waals surface area (Å²) in [5.74, 6) is -0.0963. The summed E-state index contributed by atoms with van der Waals surface area (Å²) in [4.78, 5) is 21.1. The number of carboxylic acid groups (broad SMARTS) is 1. The molecule has 2 aromatic heterocycles. The molecule has 7 heteroatoms. The fourth-order valence-corrected chi connectivity index (χ4v) is 5.52. The number of rotatable bonds is 9. The van der Waals surface area contributed by atoms with E-state index < -0.39 is 12.0 Å². The van der Waals surface area contributed by atoms with Crippen LogP contribution in [0, 0.1) is 20.8 Å². The Labute approximate surface area is 220 Å². The van der Waals surface area contributed by atoms with Crippen LogP contribution in [-0.4, -0.2) is 27.1 Å². The lowest BCUT2D eigenvalue weighted by Gasteiger charge is -2.20. The summed E-state index contributed by atoms with van der Waals surface area (Å²) < 4.78 is 0. The van der Waals surface area contributed by atoms with Gasteiger partial charge in [-0.1, -0.05) is 54.1 Å². The Balaban J connectivity index is 1.23. The number of carbonyl (C=O) groups is 1. The third-order valence-electron chi connectivity index (χ3n) is 6.49. The van der Waals surface area contributed by atoms with Crippen LogP contribution in [0.3, 0.4) is 0 Å². The minimum absolute atomic E-state index is 0.401. The number of anilines is 2. The van der Waals surface area contributed by atoms with Crippen molar-refractivity contribution in [1.82, 2.24) is 9.97 Å². The van der Waals surface area contributed by atoms with Gasteiger partial charge in [0.05, 0.1) is 17.6 Å². The molecule has 5 aromatic rings. The molecule has 5 rings (SSSR count). The van der Waals surface area contributed by atoms with E-state index in [1.165, 1.54) is 10.4 Å². The van der Waals surface area contributed by atoms with Crippen molar-refractivity contribution >= 4 is 40.0 Å². The Bertz CT molecular complexity index is 1500. The van der Waals surface area contributed by atoms with Crippen molar-refractivity contribution in [1.29, 1.82) is 0 Å². The van der Waals surface area contributed by atoms with Crippen LogP contribution in [0.1, 0.15) is 27.1 Å². The molecule has 37 heavy (non-hydrogen) atoms. The molecule has 0 aliphatic carbocycles. The molecule has 3 aromatic carbocycles. The van der Waals surface area contributed by atoms with E-state index in [-0.39, 0.29) is 0 Å². The molecule has 0 fully saturated rings. The number of hydrogen-bond donors (Lipinski definition) is 4. The number of nitrogens with one attached hydrogen (secondary N) is 3. The second kappa shape index (κ2) is 10.5. The third-order valence-corrected chi connectivity index (χ3v) is 7.43. The number of fused-ring (bicyclic) bond motifs is 1. The number of hydrogen-bond acceptors (Lipinski definition) is 5. The molecular formula is C30H30N4O2S. The van der Waals surface area contributed by atoms with E-state index in [2.05, 4.69) is 56.3 Å². The lowest BCUT2D eigenvalue weighted by molar-refractivity contribution is -0.137. The number of nitrogens with zero attached hydrogens (tertiary/aromatic N) is 1. The molecule has 1 atom stereocenters. The summed E-state index contributed by atoms with van der Waals surface area (Å²) in [7, 11) is 0. The lowest BCUT2D eigenvalue weighted by atomic mass is 10.00. The van der Waals surface area contributed by atoms with E-state index >= 15 is 0 Å². The topological polar surface area (TPSA) is 90.0 Å². The average Bonchev–Trinajstić information content (AvgIpc) is 3.51. The van der Waals surface area contributed by atoms with Gasteiger partial charge in [-0.15, -0.1) is 11.3 Å². The Hall–Kier alpha value is -4.10. The predicted molar refractivity (Wildman–Crippen MR) is 153 cm³/mol. The highest BCUT2D eigenvalue weighted by Gasteiger charge is 2.20. The van der Waals surface area contributed by atoms with Gasteiger partial charge >= 0.3 is 5.97 Å². The zero-order chi connectivity index (χ0) is 25.9. The molecule has 0 radical (unpaired) electrons. The molecule has 4 N–H and O–H groups in total. The summed E-state index contributed by atoms with van der Waals surface area (Å²) in [6.07, 6.45) is 0.401. The zero-order valence-corrected chi connectivity index (χ0v) is 21.9. The van der Waals surface area contributed by atoms with Gasteiger partial charge < -0.3 is 20.7 Å². The van der Waals surface area contributed by atoms with Crippen LogP contribution in [0.25, 0.3) is 22.2 Å². The molecule has 0 spiro atoms. The number of thiophene rings is 1. The number of imidazole rings is 1. The predicted octanol–water partition coefficient (Wildman–Crippen LogP) is 6.94.